The summed E-state index contributed by atoms with van der Waals surface area (Å²) in [7, 11) is 0. The number of anilines is 1. The van der Waals surface area contributed by atoms with Gasteiger partial charge in [-0.2, -0.15) is 5.06 Å². The van der Waals surface area contributed by atoms with E-state index in [1.165, 1.54) is 5.06 Å². The third kappa shape index (κ3) is 2.48. The first-order valence-electron chi connectivity index (χ1n) is 5.81. The first-order valence-corrected chi connectivity index (χ1v) is 5.81. The van der Waals surface area contributed by atoms with Gasteiger partial charge in [-0.3, -0.25) is 9.63 Å². The highest BCUT2D eigenvalue weighted by Gasteiger charge is 2.33. The van der Waals surface area contributed by atoms with Crippen molar-refractivity contribution in [3.63, 3.8) is 0 Å². The van der Waals surface area contributed by atoms with Crippen molar-refractivity contribution >= 4 is 11.6 Å². The highest BCUT2D eigenvalue weighted by molar-refractivity contribution is 5.93. The summed E-state index contributed by atoms with van der Waals surface area (Å²) in [6, 6.07) is 7.14. The number of benzene rings is 1. The Bertz CT molecular complexity index is 400. The molecule has 2 rings (SSSR count). The molecule has 4 nitrogen and oxygen atoms in total. The molecular formula is C13H17NO3. The largest absolute Gasteiger partial charge is 0.392 e. The lowest BCUT2D eigenvalue weighted by molar-refractivity contribution is -0.119. The Morgan fingerprint density at radius 1 is 1.41 bits per heavy atom. The predicted octanol–water partition coefficient (Wildman–Crippen LogP) is 1.87. The Labute approximate surface area is 101 Å². The number of hydrogen-bond donors (Lipinski definition) is 1. The molecule has 1 heterocycles. The Kier molecular flexibility index (Phi) is 3.45. The number of aliphatic hydroxyl groups excluding tert-OH is 1. The Morgan fingerprint density at radius 2 is 2.06 bits per heavy atom. The third-order valence-corrected chi connectivity index (χ3v) is 2.94. The zero-order valence-corrected chi connectivity index (χ0v) is 10.1. The highest BCUT2D eigenvalue weighted by atomic mass is 16.7. The van der Waals surface area contributed by atoms with Crippen LogP contribution >= 0.6 is 0 Å². The number of carbonyl (C=O) groups is 1. The molecule has 1 aliphatic rings. The van der Waals surface area contributed by atoms with Gasteiger partial charge in [-0.1, -0.05) is 26.0 Å². The summed E-state index contributed by atoms with van der Waals surface area (Å²) in [6.45, 7) is 4.08. The van der Waals surface area contributed by atoms with E-state index in [4.69, 9.17) is 9.94 Å². The van der Waals surface area contributed by atoms with E-state index in [1.54, 1.807) is 24.3 Å². The summed E-state index contributed by atoms with van der Waals surface area (Å²) in [5.41, 5.74) is 1.54. The normalized spacial score (nSPS) is 20.4. The van der Waals surface area contributed by atoms with Crippen LogP contribution in [0, 0.1) is 5.92 Å². The monoisotopic (exact) mass is 235 g/mol. The maximum Gasteiger partial charge on any atom is 0.253 e. The fourth-order valence-electron chi connectivity index (χ4n) is 1.79. The summed E-state index contributed by atoms with van der Waals surface area (Å²) < 4.78 is 0. The van der Waals surface area contributed by atoms with Crippen molar-refractivity contribution in [3.05, 3.63) is 29.8 Å². The number of nitrogens with zero attached hydrogens (tertiary/aromatic N) is 1. The summed E-state index contributed by atoms with van der Waals surface area (Å²) in [5, 5.41) is 10.3. The fourth-order valence-corrected chi connectivity index (χ4v) is 1.79. The lowest BCUT2D eigenvalue weighted by Gasteiger charge is -2.18. The second-order valence-electron chi connectivity index (χ2n) is 4.60. The average molecular weight is 235 g/mol. The topological polar surface area (TPSA) is 49.8 Å². The lowest BCUT2D eigenvalue weighted by Crippen LogP contribution is -2.23. The summed E-state index contributed by atoms with van der Waals surface area (Å²) >= 11 is 0. The van der Waals surface area contributed by atoms with Crippen molar-refractivity contribution in [2.45, 2.75) is 33.0 Å². The van der Waals surface area contributed by atoms with E-state index in [-0.39, 0.29) is 18.6 Å². The molecule has 1 aromatic rings. The van der Waals surface area contributed by atoms with Gasteiger partial charge in [0.05, 0.1) is 24.8 Å². The molecule has 0 bridgehead atoms. The molecule has 0 spiro atoms. The van der Waals surface area contributed by atoms with E-state index in [0.717, 1.165) is 11.3 Å². The van der Waals surface area contributed by atoms with Crippen LogP contribution < -0.4 is 5.06 Å². The van der Waals surface area contributed by atoms with E-state index < -0.39 is 0 Å². The molecule has 1 aromatic carbocycles. The van der Waals surface area contributed by atoms with Crippen LogP contribution in [0.25, 0.3) is 0 Å². The standard InChI is InChI=1S/C13H17NO3/c1-9(2)12-7-13(16)14(17-12)11-5-3-10(8-15)4-6-11/h3-6,9,12,15H,7-8H2,1-2H3. The van der Waals surface area contributed by atoms with Gasteiger partial charge in [0.15, 0.2) is 0 Å². The molecule has 0 aromatic heterocycles. The van der Waals surface area contributed by atoms with Crippen LogP contribution in [0.2, 0.25) is 0 Å². The first kappa shape index (κ1) is 12.1. The van der Waals surface area contributed by atoms with Crippen molar-refractivity contribution < 1.29 is 14.7 Å². The van der Waals surface area contributed by atoms with Gasteiger partial charge in [-0.05, 0) is 23.6 Å². The van der Waals surface area contributed by atoms with Crippen LogP contribution in [0.1, 0.15) is 25.8 Å². The molecule has 1 unspecified atom stereocenters. The minimum atomic E-state index is -0.0416. The Morgan fingerprint density at radius 3 is 2.53 bits per heavy atom. The molecule has 17 heavy (non-hydrogen) atoms. The summed E-state index contributed by atoms with van der Waals surface area (Å²) in [6.07, 6.45) is 0.388. The molecule has 92 valence electrons. The molecule has 1 aliphatic heterocycles. The first-order chi connectivity index (χ1) is 8.11. The molecule has 0 saturated carbocycles. The molecule has 1 atom stereocenters. The van der Waals surface area contributed by atoms with Crippen molar-refractivity contribution in [2.75, 3.05) is 5.06 Å². The van der Waals surface area contributed by atoms with E-state index in [2.05, 4.69) is 0 Å². The number of aliphatic hydroxyl groups is 1. The quantitative estimate of drug-likeness (QED) is 0.870. The van der Waals surface area contributed by atoms with Gasteiger partial charge in [0, 0.05) is 0 Å². The van der Waals surface area contributed by atoms with Crippen LogP contribution in [-0.4, -0.2) is 17.1 Å². The van der Waals surface area contributed by atoms with Crippen LogP contribution in [-0.2, 0) is 16.2 Å². The Hall–Kier alpha value is -1.39. The maximum absolute atomic E-state index is 11.8. The van der Waals surface area contributed by atoms with E-state index in [9.17, 15) is 4.79 Å². The van der Waals surface area contributed by atoms with Gasteiger partial charge in [0.25, 0.3) is 5.91 Å². The van der Waals surface area contributed by atoms with Crippen LogP contribution in [0.3, 0.4) is 0 Å². The molecule has 1 fully saturated rings. The van der Waals surface area contributed by atoms with Crippen molar-refractivity contribution in [1.82, 2.24) is 0 Å². The maximum atomic E-state index is 11.8. The van der Waals surface area contributed by atoms with Crippen molar-refractivity contribution in [2.24, 2.45) is 5.92 Å². The molecule has 0 radical (unpaired) electrons. The van der Waals surface area contributed by atoms with E-state index in [1.807, 2.05) is 13.8 Å². The van der Waals surface area contributed by atoms with Gasteiger partial charge in [0.1, 0.15) is 0 Å². The molecule has 1 N–H and O–H groups in total. The van der Waals surface area contributed by atoms with Gasteiger partial charge in [-0.15, -0.1) is 0 Å². The number of rotatable bonds is 3. The smallest absolute Gasteiger partial charge is 0.253 e. The third-order valence-electron chi connectivity index (χ3n) is 2.94. The Balaban J connectivity index is 2.14. The van der Waals surface area contributed by atoms with Crippen molar-refractivity contribution in [1.29, 1.82) is 0 Å². The summed E-state index contributed by atoms with van der Waals surface area (Å²) in [5.74, 6) is 0.307. The molecule has 1 amide bonds. The van der Waals surface area contributed by atoms with E-state index >= 15 is 0 Å². The highest BCUT2D eigenvalue weighted by Crippen LogP contribution is 2.27. The average Bonchev–Trinajstić information content (AvgIpc) is 2.72. The minimum Gasteiger partial charge on any atom is -0.392 e. The molecule has 4 heteroatoms. The summed E-state index contributed by atoms with van der Waals surface area (Å²) in [4.78, 5) is 17.4. The second kappa shape index (κ2) is 4.85. The fraction of sp³-hybridized carbons (Fsp3) is 0.462. The molecule has 0 aliphatic carbocycles. The van der Waals surface area contributed by atoms with Gasteiger partial charge in [-0.25, -0.2) is 0 Å². The van der Waals surface area contributed by atoms with Gasteiger partial charge < -0.3 is 5.11 Å². The SMILES string of the molecule is CC(C)C1CC(=O)N(c2ccc(CO)cc2)O1. The predicted molar refractivity (Wildman–Crippen MR) is 64.2 cm³/mol. The molecular weight excluding hydrogens is 218 g/mol. The zero-order valence-electron chi connectivity index (χ0n) is 10.1. The van der Waals surface area contributed by atoms with Gasteiger partial charge in [0.2, 0.25) is 0 Å². The van der Waals surface area contributed by atoms with E-state index in [0.29, 0.717) is 12.3 Å². The van der Waals surface area contributed by atoms with Crippen LogP contribution in [0.15, 0.2) is 24.3 Å². The van der Waals surface area contributed by atoms with Crippen LogP contribution in [0.4, 0.5) is 5.69 Å². The van der Waals surface area contributed by atoms with Crippen LogP contribution in [0.5, 0.6) is 0 Å². The number of hydrogen-bond acceptors (Lipinski definition) is 3. The number of amides is 1. The van der Waals surface area contributed by atoms with Crippen molar-refractivity contribution in [3.8, 4) is 0 Å². The van der Waals surface area contributed by atoms with Gasteiger partial charge >= 0.3 is 0 Å². The minimum absolute atomic E-state index is 0.00367. The number of carbonyl (C=O) groups excluding carboxylic acids is 1. The molecule has 1 saturated heterocycles. The zero-order chi connectivity index (χ0) is 12.4. The second-order valence-corrected chi connectivity index (χ2v) is 4.60. The number of hydroxylamine groups is 1. The lowest BCUT2D eigenvalue weighted by atomic mass is 10.1.